The van der Waals surface area contributed by atoms with E-state index in [2.05, 4.69) is 75.5 Å². The average Bonchev–Trinajstić information content (AvgIpc) is 3.77. The summed E-state index contributed by atoms with van der Waals surface area (Å²) in [4.78, 5) is 0. The van der Waals surface area contributed by atoms with Crippen LogP contribution in [-0.2, 0) is 15.6 Å². The van der Waals surface area contributed by atoms with Gasteiger partial charge >= 0.3 is 320 Å². The number of hydrogen-bond acceptors (Lipinski definition) is 6. The molecule has 2 aliphatic rings. The van der Waals surface area contributed by atoms with Gasteiger partial charge in [0, 0.05) is 0 Å². The van der Waals surface area contributed by atoms with Crippen LogP contribution in [0.2, 0.25) is 13.1 Å². The third kappa shape index (κ3) is 5.93. The van der Waals surface area contributed by atoms with E-state index in [1.54, 1.807) is 42.7 Å². The molecule has 275 valence electrons. The number of rotatable bonds is 13. The number of fused-ring (bicyclic) bond motifs is 2. The second-order valence-corrected chi connectivity index (χ2v) is 56.3. The predicted molar refractivity (Wildman–Crippen MR) is 216 cm³/mol. The summed E-state index contributed by atoms with van der Waals surface area (Å²) >= 11 is -5.04. The molecule has 0 amide bonds. The number of ether oxygens (including phenoxy) is 6. The summed E-state index contributed by atoms with van der Waals surface area (Å²) in [5.74, 6) is 2.26. The summed E-state index contributed by atoms with van der Waals surface area (Å²) in [6.45, 7) is 9.20. The second-order valence-electron chi connectivity index (χ2n) is 13.8. The summed E-state index contributed by atoms with van der Waals surface area (Å²) in [5.41, 5.74) is 11.1. The fraction of sp³-hybridized carbons (Fsp3) is 0.333. The zero-order valence-electron chi connectivity index (χ0n) is 31.8. The van der Waals surface area contributed by atoms with Crippen molar-refractivity contribution in [1.82, 2.24) is 0 Å². The van der Waals surface area contributed by atoms with Crippen LogP contribution in [0.5, 0.6) is 34.5 Å². The van der Waals surface area contributed by atoms with E-state index >= 15 is 0 Å². The van der Waals surface area contributed by atoms with Crippen LogP contribution in [0.1, 0.15) is 56.2 Å². The maximum atomic E-state index is 8.68. The van der Waals surface area contributed by atoms with E-state index in [4.69, 9.17) is 45.4 Å². The molecular weight excluding hydrogens is 791 g/mol. The quantitative estimate of drug-likeness (QED) is 0.125. The Morgan fingerprint density at radius 1 is 0.558 bits per heavy atom. The van der Waals surface area contributed by atoms with Crippen molar-refractivity contribution in [2.75, 3.05) is 42.7 Å². The van der Waals surface area contributed by atoms with Crippen molar-refractivity contribution in [3.8, 4) is 56.8 Å². The van der Waals surface area contributed by atoms with Crippen molar-refractivity contribution >= 4 is 35.1 Å². The average molecular weight is 840 g/mol. The number of hydrogen-bond donors (Lipinski definition) is 0. The molecule has 2 aliphatic carbocycles. The van der Waals surface area contributed by atoms with Crippen molar-refractivity contribution in [2.24, 2.45) is 0 Å². The SMILES string of the molecule is CCC1=Cc2c(-c3c(OC)cc(OC)cc3OC)cccc2[CH]1[Zr]([Cl])([Cl])([CH]1C(CC)=Cc2c(-c3c(OC)cc(OC)cc3OC)cccc21)[SiH](C)C. The van der Waals surface area contributed by atoms with E-state index in [0.717, 1.165) is 46.2 Å². The zero-order valence-corrected chi connectivity index (χ0v) is 36.9. The fourth-order valence-corrected chi connectivity index (χ4v) is 40.5. The van der Waals surface area contributed by atoms with Crippen LogP contribution in [-0.4, -0.2) is 48.6 Å². The van der Waals surface area contributed by atoms with Crippen molar-refractivity contribution in [2.45, 2.75) is 47.0 Å². The van der Waals surface area contributed by atoms with Gasteiger partial charge in [-0.3, -0.25) is 0 Å². The fourth-order valence-electron chi connectivity index (χ4n) is 8.66. The molecule has 6 rings (SSSR count). The molecule has 52 heavy (non-hydrogen) atoms. The summed E-state index contributed by atoms with van der Waals surface area (Å²) in [6, 6.07) is 20.6. The van der Waals surface area contributed by atoms with E-state index in [9.17, 15) is 0 Å². The molecule has 0 heterocycles. The first-order valence-corrected chi connectivity index (χ1v) is 34.1. The van der Waals surface area contributed by atoms with Gasteiger partial charge < -0.3 is 0 Å². The van der Waals surface area contributed by atoms with Crippen LogP contribution in [0, 0.1) is 0 Å². The molecule has 4 aromatic rings. The molecular formula is C42H49Cl2O6SiZr. The van der Waals surface area contributed by atoms with Gasteiger partial charge in [0.25, 0.3) is 0 Å². The van der Waals surface area contributed by atoms with E-state index in [0.29, 0.717) is 34.5 Å². The van der Waals surface area contributed by atoms with E-state index in [-0.39, 0.29) is 7.25 Å². The topological polar surface area (TPSA) is 55.4 Å². The molecule has 0 N–H and O–H groups in total. The molecule has 2 atom stereocenters. The number of methoxy groups -OCH3 is 6. The Hall–Kier alpha value is -3.16. The molecule has 0 radical (unpaired) electrons. The van der Waals surface area contributed by atoms with Crippen LogP contribution in [0.25, 0.3) is 34.4 Å². The molecule has 2 unspecified atom stereocenters. The minimum atomic E-state index is -5.04. The third-order valence-electron chi connectivity index (χ3n) is 11.3. The predicted octanol–water partition coefficient (Wildman–Crippen LogP) is 11.4. The van der Waals surface area contributed by atoms with Gasteiger partial charge in [-0.05, 0) is 0 Å². The van der Waals surface area contributed by atoms with Gasteiger partial charge in [0.05, 0.1) is 0 Å². The first-order valence-electron chi connectivity index (χ1n) is 17.8. The number of halogens is 2. The van der Waals surface area contributed by atoms with Crippen LogP contribution in [0.4, 0.5) is 0 Å². The standard InChI is InChI=1S/2C20H21O3.C2H7Si.2ClH.Zr/c2*1-5-13-9-14-7-6-8-16(17(14)10-13)20-18(22-3)11-15(21-2)12-19(20)23-4;1-3-2;;;/h2*6-12H,5H2,1-4H3;3H,1-2H3;2*1H;/q;;;;;+2/p-2. The van der Waals surface area contributed by atoms with Gasteiger partial charge in [0.15, 0.2) is 0 Å². The van der Waals surface area contributed by atoms with Crippen LogP contribution in [0.15, 0.2) is 71.8 Å². The molecule has 0 bridgehead atoms. The third-order valence-corrected chi connectivity index (χ3v) is 63.1. The van der Waals surface area contributed by atoms with Gasteiger partial charge in [-0.1, -0.05) is 0 Å². The summed E-state index contributed by atoms with van der Waals surface area (Å²) in [7, 11) is 27.4. The maximum absolute atomic E-state index is 8.68. The molecule has 0 saturated carbocycles. The Labute approximate surface area is 317 Å². The Kier molecular flexibility index (Phi) is 11.1. The van der Waals surface area contributed by atoms with Crippen molar-refractivity contribution < 1.29 is 44.0 Å². The second kappa shape index (κ2) is 14.9. The van der Waals surface area contributed by atoms with Crippen LogP contribution in [0.3, 0.4) is 0 Å². The zero-order chi connectivity index (χ0) is 37.6. The first-order chi connectivity index (χ1) is 24.9. The monoisotopic (exact) mass is 837 g/mol. The Morgan fingerprint density at radius 2 is 0.904 bits per heavy atom. The van der Waals surface area contributed by atoms with Crippen molar-refractivity contribution in [3.63, 3.8) is 0 Å². The number of benzene rings is 4. The first kappa shape index (κ1) is 38.6. The molecule has 4 aromatic carbocycles. The van der Waals surface area contributed by atoms with Crippen molar-refractivity contribution in [3.05, 3.63) is 94.1 Å². The van der Waals surface area contributed by atoms with Gasteiger partial charge in [0.2, 0.25) is 0 Å². The molecule has 6 nitrogen and oxygen atoms in total. The normalized spacial score (nSPS) is 17.1. The van der Waals surface area contributed by atoms with Gasteiger partial charge in [-0.2, -0.15) is 0 Å². The van der Waals surface area contributed by atoms with Crippen LogP contribution < -0.4 is 28.4 Å². The van der Waals surface area contributed by atoms with E-state index < -0.39 is 21.5 Å². The van der Waals surface area contributed by atoms with Gasteiger partial charge in [-0.25, -0.2) is 0 Å². The summed E-state index contributed by atoms with van der Waals surface area (Å²) in [5, 5.41) is 0. The Morgan fingerprint density at radius 3 is 1.17 bits per heavy atom. The molecule has 0 fully saturated rings. The summed E-state index contributed by atoms with van der Waals surface area (Å²) < 4.78 is 34.8. The van der Waals surface area contributed by atoms with E-state index in [1.807, 2.05) is 24.3 Å². The summed E-state index contributed by atoms with van der Waals surface area (Å²) in [6.07, 6.45) is 6.38. The molecule has 0 saturated heterocycles. The molecule has 0 spiro atoms. The van der Waals surface area contributed by atoms with E-state index in [1.165, 1.54) is 22.3 Å². The molecule has 10 heteroatoms. The van der Waals surface area contributed by atoms with Gasteiger partial charge in [0.1, 0.15) is 0 Å². The number of allylic oxidation sites excluding steroid dienone is 2. The Bertz CT molecular complexity index is 1900. The Balaban J connectivity index is 1.61. The molecule has 0 aromatic heterocycles. The molecule has 0 aliphatic heterocycles. The van der Waals surface area contributed by atoms with Crippen molar-refractivity contribution in [1.29, 1.82) is 0 Å². The minimum absolute atomic E-state index is 0.0637. The van der Waals surface area contributed by atoms with Gasteiger partial charge in [-0.15, -0.1) is 0 Å². The van der Waals surface area contributed by atoms with Crippen LogP contribution >= 0.6 is 17.0 Å².